The number of carbonyl (C=O) groups is 6. The molecule has 2 atom stereocenters. The average Bonchev–Trinajstić information content (AvgIpc) is 3.37. The number of nitrogens with zero attached hydrogens (tertiary/aromatic N) is 2. The predicted molar refractivity (Wildman–Crippen MR) is 153 cm³/mol. The van der Waals surface area contributed by atoms with Crippen LogP contribution in [0.3, 0.4) is 0 Å². The molecule has 45 heavy (non-hydrogen) atoms. The number of allylic oxidation sites excluding steroid dienone is 1. The van der Waals surface area contributed by atoms with Gasteiger partial charge in [-0.2, -0.15) is 13.2 Å². The van der Waals surface area contributed by atoms with Crippen LogP contribution < -0.4 is 16.8 Å². The van der Waals surface area contributed by atoms with Crippen molar-refractivity contribution >= 4 is 69.6 Å². The van der Waals surface area contributed by atoms with Gasteiger partial charge in [-0.25, -0.2) is 19.4 Å². The average molecular weight is 682 g/mol. The molecule has 0 bridgehead atoms. The molecule has 0 aromatic carbocycles. The van der Waals surface area contributed by atoms with Crippen molar-refractivity contribution in [2.45, 2.75) is 51.7 Å². The van der Waals surface area contributed by atoms with E-state index >= 15 is 0 Å². The largest absolute Gasteiger partial charge is 0.490 e. The van der Waals surface area contributed by atoms with Gasteiger partial charge in [-0.05, 0) is 27.2 Å². The highest BCUT2D eigenvalue weighted by Crippen LogP contribution is 2.41. The summed E-state index contributed by atoms with van der Waals surface area (Å²) in [5, 5.41) is 11.2. The predicted octanol–water partition coefficient (Wildman–Crippen LogP) is 1.99. The molecule has 3 rings (SSSR count). The Bertz CT molecular complexity index is 1400. The molecule has 0 unspecified atom stereocenters. The van der Waals surface area contributed by atoms with E-state index in [1.165, 1.54) is 23.1 Å². The van der Waals surface area contributed by atoms with E-state index in [1.54, 1.807) is 32.2 Å². The fraction of sp³-hybridized carbons (Fsp3) is 0.480. The lowest BCUT2D eigenvalue weighted by Gasteiger charge is -2.49. The minimum atomic E-state index is -5.08. The number of nitrogen functional groups attached to an aromatic ring is 1. The number of nitrogens with one attached hydrogen (secondary N) is 1. The Hall–Kier alpha value is -4.33. The molecule has 1 saturated heterocycles. The number of halogens is 3. The van der Waals surface area contributed by atoms with Crippen LogP contribution in [0, 0.1) is 5.41 Å². The SMILES string of the molecule is CC/C=C(\C(=O)N[C@@H]1C(=O)N2C(C(=O)OCOC(=O)C(C)(C)C)=C(COC(N)=O)CS[C@H]12)c1csc(N)n1.O=C(O)C(F)(F)F. The number of aromatic nitrogens is 1. The summed E-state index contributed by atoms with van der Waals surface area (Å²) in [6.45, 7) is 5.74. The van der Waals surface area contributed by atoms with Crippen molar-refractivity contribution in [3.05, 3.63) is 28.4 Å². The summed E-state index contributed by atoms with van der Waals surface area (Å²) in [4.78, 5) is 76.5. The molecule has 20 heteroatoms. The molecule has 0 aliphatic carbocycles. The lowest BCUT2D eigenvalue weighted by atomic mass is 9.98. The van der Waals surface area contributed by atoms with Gasteiger partial charge in [0.15, 0.2) is 5.13 Å². The van der Waals surface area contributed by atoms with Gasteiger partial charge in [-0.3, -0.25) is 19.3 Å². The van der Waals surface area contributed by atoms with Gasteiger partial charge in [0, 0.05) is 16.7 Å². The van der Waals surface area contributed by atoms with Crippen molar-refractivity contribution in [2.75, 3.05) is 24.9 Å². The Labute approximate surface area is 262 Å². The molecule has 2 aliphatic rings. The molecular formula is C25H30F3N5O10S2. The minimum Gasteiger partial charge on any atom is -0.475 e. The third-order valence-corrected chi connectivity index (χ3v) is 7.62. The molecule has 1 aromatic heterocycles. The van der Waals surface area contributed by atoms with Crippen LogP contribution in [0.15, 0.2) is 22.7 Å². The summed E-state index contributed by atoms with van der Waals surface area (Å²) < 4.78 is 46.7. The number of carboxylic acid groups (broad SMARTS) is 1. The Morgan fingerprint density at radius 3 is 2.29 bits per heavy atom. The second-order valence-electron chi connectivity index (χ2n) is 10.1. The van der Waals surface area contributed by atoms with Gasteiger partial charge in [0.05, 0.1) is 16.7 Å². The maximum atomic E-state index is 13.1. The van der Waals surface area contributed by atoms with Crippen molar-refractivity contribution in [3.63, 3.8) is 0 Å². The number of fused-ring (bicyclic) bond motifs is 1. The Morgan fingerprint density at radius 2 is 1.80 bits per heavy atom. The molecule has 6 N–H and O–H groups in total. The number of carboxylic acids is 1. The van der Waals surface area contributed by atoms with E-state index in [0.29, 0.717) is 17.2 Å². The second kappa shape index (κ2) is 15.1. The quantitative estimate of drug-likeness (QED) is 0.127. The Kier molecular flexibility index (Phi) is 12.4. The van der Waals surface area contributed by atoms with Gasteiger partial charge >= 0.3 is 30.2 Å². The van der Waals surface area contributed by atoms with E-state index in [9.17, 15) is 37.1 Å². The number of nitrogens with two attached hydrogens (primary N) is 2. The Morgan fingerprint density at radius 1 is 1.18 bits per heavy atom. The number of thioether (sulfide) groups is 1. The van der Waals surface area contributed by atoms with E-state index in [0.717, 1.165) is 4.90 Å². The molecule has 2 aliphatic heterocycles. The number of thiazole rings is 1. The van der Waals surface area contributed by atoms with Crippen LogP contribution in [0.5, 0.6) is 0 Å². The van der Waals surface area contributed by atoms with Crippen LogP contribution >= 0.6 is 23.1 Å². The third-order valence-electron chi connectivity index (χ3n) is 5.60. The van der Waals surface area contributed by atoms with Gasteiger partial charge in [-0.1, -0.05) is 13.0 Å². The van der Waals surface area contributed by atoms with Crippen LogP contribution in [-0.2, 0) is 38.2 Å². The number of carbonyl (C=O) groups excluding carboxylic acids is 5. The van der Waals surface area contributed by atoms with Crippen LogP contribution in [0.25, 0.3) is 5.57 Å². The summed E-state index contributed by atoms with van der Waals surface area (Å²) in [6.07, 6.45) is -3.92. The molecular weight excluding hydrogens is 651 g/mol. The monoisotopic (exact) mass is 681 g/mol. The number of primary amides is 1. The summed E-state index contributed by atoms with van der Waals surface area (Å²) >= 11 is 2.45. The van der Waals surface area contributed by atoms with E-state index in [2.05, 4.69) is 10.3 Å². The maximum absolute atomic E-state index is 13.1. The lowest BCUT2D eigenvalue weighted by Crippen LogP contribution is -2.70. The number of rotatable bonds is 9. The van der Waals surface area contributed by atoms with Crippen LogP contribution in [0.2, 0.25) is 0 Å². The van der Waals surface area contributed by atoms with Gasteiger partial charge in [-0.15, -0.1) is 23.1 Å². The zero-order valence-corrected chi connectivity index (χ0v) is 25.9. The molecule has 248 valence electrons. The Balaban J connectivity index is 0.000000900. The minimum absolute atomic E-state index is 0.158. The van der Waals surface area contributed by atoms with Gasteiger partial charge < -0.3 is 36.1 Å². The first-order chi connectivity index (χ1) is 20.8. The summed E-state index contributed by atoms with van der Waals surface area (Å²) in [7, 11) is 0. The molecule has 0 spiro atoms. The standard InChI is InChI=1S/C23H29N5O8S2.C2HF3O2/c1-5-6-12(13-9-38-21(24)26-13)16(29)27-14-17(30)28-15(11(7-34-22(25)33)8-37-18(14)28)19(31)35-10-36-20(32)23(2,3)4;3-2(4,5)1(6)7/h6,9,14,18H,5,7-8,10H2,1-4H3,(H2,24,26)(H2,25,33)(H,27,29);(H,6,7)/b12-6-;/t14-,18-;/m1./s1. The summed E-state index contributed by atoms with van der Waals surface area (Å²) in [6, 6.07) is -0.941. The third kappa shape index (κ3) is 9.83. The molecule has 3 amide bonds. The van der Waals surface area contributed by atoms with Crippen molar-refractivity contribution < 1.29 is 61.3 Å². The normalized spacial score (nSPS) is 18.1. The van der Waals surface area contributed by atoms with Gasteiger partial charge in [0.25, 0.3) is 11.8 Å². The van der Waals surface area contributed by atoms with Crippen molar-refractivity contribution in [2.24, 2.45) is 11.1 Å². The van der Waals surface area contributed by atoms with E-state index < -0.39 is 65.6 Å². The fourth-order valence-corrected chi connectivity index (χ4v) is 5.40. The van der Waals surface area contributed by atoms with Crippen molar-refractivity contribution in [1.29, 1.82) is 0 Å². The van der Waals surface area contributed by atoms with E-state index in [1.807, 2.05) is 6.92 Å². The molecule has 1 aromatic rings. The van der Waals surface area contributed by atoms with Crippen LogP contribution in [0.1, 0.15) is 39.8 Å². The number of β-lactam (4-membered cyclic amide) rings is 1. The zero-order valence-electron chi connectivity index (χ0n) is 24.3. The zero-order chi connectivity index (χ0) is 34.3. The highest BCUT2D eigenvalue weighted by molar-refractivity contribution is 8.00. The topological polar surface area (TPSA) is 231 Å². The smallest absolute Gasteiger partial charge is 0.475 e. The first-order valence-electron chi connectivity index (χ1n) is 12.7. The van der Waals surface area contributed by atoms with E-state index in [4.69, 9.17) is 35.6 Å². The number of ether oxygens (including phenoxy) is 3. The van der Waals surface area contributed by atoms with Crippen LogP contribution in [0.4, 0.5) is 23.1 Å². The number of aliphatic carboxylic acids is 1. The fourth-order valence-electron chi connectivity index (χ4n) is 3.51. The molecule has 0 radical (unpaired) electrons. The van der Waals surface area contributed by atoms with Gasteiger partial charge in [0.2, 0.25) is 6.79 Å². The highest BCUT2D eigenvalue weighted by atomic mass is 32.2. The van der Waals surface area contributed by atoms with Gasteiger partial charge in [0.1, 0.15) is 23.7 Å². The number of hydrogen-bond acceptors (Lipinski definition) is 13. The molecule has 1 fully saturated rings. The van der Waals surface area contributed by atoms with E-state index in [-0.39, 0.29) is 29.2 Å². The molecule has 0 saturated carbocycles. The van der Waals surface area contributed by atoms with Crippen LogP contribution in [-0.4, -0.2) is 87.6 Å². The van der Waals surface area contributed by atoms with Crippen molar-refractivity contribution in [1.82, 2.24) is 15.2 Å². The van der Waals surface area contributed by atoms with Crippen molar-refractivity contribution in [3.8, 4) is 0 Å². The number of hydrogen-bond donors (Lipinski definition) is 4. The molecule has 3 heterocycles. The molecule has 15 nitrogen and oxygen atoms in total. The number of amides is 3. The summed E-state index contributed by atoms with van der Waals surface area (Å²) in [5.41, 5.74) is 10.7. The highest BCUT2D eigenvalue weighted by Gasteiger charge is 2.54. The summed E-state index contributed by atoms with van der Waals surface area (Å²) in [5.74, 6) is -5.20. The number of esters is 2. The first kappa shape index (κ1) is 36.9. The number of anilines is 1. The first-order valence-corrected chi connectivity index (χ1v) is 14.7. The number of alkyl halides is 3. The maximum Gasteiger partial charge on any atom is 0.490 e. The lowest BCUT2D eigenvalue weighted by molar-refractivity contribution is -0.192. The second-order valence-corrected chi connectivity index (χ2v) is 12.0.